The minimum absolute atomic E-state index is 0.00921. The Morgan fingerprint density at radius 2 is 1.67 bits per heavy atom. The largest absolute Gasteiger partial charge is 0.497 e. The molecule has 0 bridgehead atoms. The lowest BCUT2D eigenvalue weighted by molar-refractivity contribution is -0.127. The lowest BCUT2D eigenvalue weighted by Gasteiger charge is -2.29. The Labute approximate surface area is 219 Å². The Bertz CT molecular complexity index is 1180. The fraction of sp³-hybridized carbons (Fsp3) is 0.481. The number of hydrogen-bond donors (Lipinski definition) is 1. The minimum Gasteiger partial charge on any atom is -0.497 e. The smallest absolute Gasteiger partial charge is 0.243 e. The summed E-state index contributed by atoms with van der Waals surface area (Å²) in [6, 6.07) is 14.4. The van der Waals surface area contributed by atoms with Crippen LogP contribution in [0.1, 0.15) is 58.7 Å². The number of ether oxygens (including phenoxy) is 1. The van der Waals surface area contributed by atoms with E-state index in [1.54, 1.807) is 31.4 Å². The van der Waals surface area contributed by atoms with Gasteiger partial charge in [0.1, 0.15) is 5.75 Å². The zero-order valence-corrected chi connectivity index (χ0v) is 23.7. The molecular formula is C27H37N3O4S2. The number of thioether (sulfide) groups is 1. The highest BCUT2D eigenvalue weighted by Crippen LogP contribution is 2.32. The van der Waals surface area contributed by atoms with Crippen molar-refractivity contribution in [3.8, 4) is 5.75 Å². The van der Waals surface area contributed by atoms with Crippen molar-refractivity contribution in [2.75, 3.05) is 12.9 Å². The van der Waals surface area contributed by atoms with Crippen molar-refractivity contribution in [1.29, 1.82) is 0 Å². The van der Waals surface area contributed by atoms with Crippen LogP contribution < -0.4 is 10.1 Å². The van der Waals surface area contributed by atoms with Gasteiger partial charge in [0, 0.05) is 23.3 Å². The second-order valence-electron chi connectivity index (χ2n) is 10.2. The Morgan fingerprint density at radius 1 is 1.08 bits per heavy atom. The maximum atomic E-state index is 13.1. The first-order chi connectivity index (χ1) is 16.8. The van der Waals surface area contributed by atoms with Gasteiger partial charge in [-0.15, -0.1) is 0 Å². The molecule has 0 spiro atoms. The molecule has 0 aliphatic carbocycles. The van der Waals surface area contributed by atoms with Crippen LogP contribution in [0.15, 0.2) is 58.4 Å². The molecule has 1 amide bonds. The first kappa shape index (κ1) is 28.2. The summed E-state index contributed by atoms with van der Waals surface area (Å²) in [4.78, 5) is 18.0. The first-order valence-corrected chi connectivity index (χ1v) is 14.6. The highest BCUT2D eigenvalue weighted by molar-refractivity contribution is 8.14. The lowest BCUT2D eigenvalue weighted by Crippen LogP contribution is -2.42. The zero-order chi connectivity index (χ0) is 26.7. The van der Waals surface area contributed by atoms with Gasteiger partial charge in [-0.2, -0.15) is 4.31 Å². The zero-order valence-electron chi connectivity index (χ0n) is 22.1. The lowest BCUT2D eigenvalue weighted by atomic mass is 9.85. The average molecular weight is 532 g/mol. The van der Waals surface area contributed by atoms with Gasteiger partial charge in [0.25, 0.3) is 0 Å². The molecule has 9 heteroatoms. The second-order valence-corrected chi connectivity index (χ2v) is 13.1. The van der Waals surface area contributed by atoms with Crippen LogP contribution in [0.2, 0.25) is 0 Å². The van der Waals surface area contributed by atoms with Gasteiger partial charge in [-0.05, 0) is 69.5 Å². The number of methoxy groups -OCH3 is 1. The molecular weight excluding hydrogens is 494 g/mol. The van der Waals surface area contributed by atoms with Gasteiger partial charge in [0.2, 0.25) is 15.9 Å². The van der Waals surface area contributed by atoms with Gasteiger partial charge in [-0.25, -0.2) is 8.42 Å². The van der Waals surface area contributed by atoms with E-state index in [1.165, 1.54) is 16.1 Å². The van der Waals surface area contributed by atoms with Gasteiger partial charge in [-0.3, -0.25) is 9.79 Å². The van der Waals surface area contributed by atoms with Crippen molar-refractivity contribution in [1.82, 2.24) is 9.62 Å². The van der Waals surface area contributed by atoms with Crippen molar-refractivity contribution in [2.45, 2.75) is 71.0 Å². The van der Waals surface area contributed by atoms with E-state index in [1.807, 2.05) is 65.8 Å². The minimum atomic E-state index is -3.60. The summed E-state index contributed by atoms with van der Waals surface area (Å²) in [6.07, 6.45) is 0.469. The quantitative estimate of drug-likeness (QED) is 0.490. The second kappa shape index (κ2) is 11.4. The molecule has 7 nitrogen and oxygen atoms in total. The third-order valence-corrected chi connectivity index (χ3v) is 9.38. The van der Waals surface area contributed by atoms with Crippen LogP contribution in [0.4, 0.5) is 0 Å². The van der Waals surface area contributed by atoms with Crippen LogP contribution >= 0.6 is 11.8 Å². The molecule has 1 atom stereocenters. The molecule has 0 radical (unpaired) electrons. The predicted molar refractivity (Wildman–Crippen MR) is 147 cm³/mol. The summed E-state index contributed by atoms with van der Waals surface area (Å²) in [5, 5.41) is 3.61. The molecule has 1 heterocycles. The molecule has 1 aliphatic rings. The highest BCUT2D eigenvalue weighted by Gasteiger charge is 2.32. The Kier molecular flexibility index (Phi) is 8.90. The van der Waals surface area contributed by atoms with Crippen molar-refractivity contribution in [3.05, 3.63) is 59.7 Å². The third kappa shape index (κ3) is 6.49. The number of hydrogen-bond acceptors (Lipinski definition) is 6. The van der Waals surface area contributed by atoms with E-state index in [9.17, 15) is 13.2 Å². The van der Waals surface area contributed by atoms with Crippen LogP contribution in [0, 0.1) is 5.41 Å². The Morgan fingerprint density at radius 3 is 2.19 bits per heavy atom. The number of amides is 1. The first-order valence-electron chi connectivity index (χ1n) is 12.1. The van der Waals surface area contributed by atoms with Gasteiger partial charge >= 0.3 is 0 Å². The van der Waals surface area contributed by atoms with Crippen molar-refractivity contribution < 1.29 is 17.9 Å². The topological polar surface area (TPSA) is 88.1 Å². The summed E-state index contributed by atoms with van der Waals surface area (Å²) in [5.74, 6) is 1.44. The van der Waals surface area contributed by atoms with E-state index in [4.69, 9.17) is 9.73 Å². The maximum absolute atomic E-state index is 13.1. The summed E-state index contributed by atoms with van der Waals surface area (Å²) in [6.45, 7) is 11.3. The van der Waals surface area contributed by atoms with Crippen molar-refractivity contribution in [2.24, 2.45) is 10.4 Å². The molecule has 1 unspecified atom stereocenters. The summed E-state index contributed by atoms with van der Waals surface area (Å²) in [7, 11) is -1.96. The molecule has 0 saturated heterocycles. The summed E-state index contributed by atoms with van der Waals surface area (Å²) in [5.41, 5.74) is 1.27. The fourth-order valence-electron chi connectivity index (χ4n) is 4.35. The maximum Gasteiger partial charge on any atom is 0.243 e. The van der Waals surface area contributed by atoms with Crippen LogP contribution in [-0.4, -0.2) is 48.7 Å². The average Bonchev–Trinajstić information content (AvgIpc) is 3.27. The number of carbonyl (C=O) groups excluding carboxylic acids is 1. The van der Waals surface area contributed by atoms with Gasteiger partial charge in [0.15, 0.2) is 5.17 Å². The Hall–Kier alpha value is -2.36. The van der Waals surface area contributed by atoms with E-state index in [2.05, 4.69) is 5.32 Å². The molecule has 0 fully saturated rings. The molecule has 0 aromatic heterocycles. The number of carbonyl (C=O) groups is 1. The summed E-state index contributed by atoms with van der Waals surface area (Å²) < 4.78 is 33.0. The van der Waals surface area contributed by atoms with Crippen molar-refractivity contribution >= 4 is 32.9 Å². The van der Waals surface area contributed by atoms with Crippen LogP contribution in [0.25, 0.3) is 0 Å². The molecule has 196 valence electrons. The molecule has 2 aromatic carbocycles. The van der Waals surface area contributed by atoms with E-state index in [0.29, 0.717) is 11.6 Å². The SMILES string of the molecule is COc1ccc(C2CSC(NC(=O)C(C)(C)Cc3ccc(S(=O)(=O)N(C(C)C)C(C)C)cc3)=N2)cc1. The van der Waals surface area contributed by atoms with E-state index in [-0.39, 0.29) is 28.9 Å². The number of nitrogens with one attached hydrogen (secondary N) is 1. The van der Waals surface area contributed by atoms with Crippen molar-refractivity contribution in [3.63, 3.8) is 0 Å². The Balaban J connectivity index is 1.66. The molecule has 3 rings (SSSR count). The number of aliphatic imine (C=N–C) groups is 1. The normalized spacial score (nSPS) is 16.5. The number of nitrogens with zero attached hydrogens (tertiary/aromatic N) is 2. The highest BCUT2D eigenvalue weighted by atomic mass is 32.2. The predicted octanol–water partition coefficient (Wildman–Crippen LogP) is 5.03. The van der Waals surface area contributed by atoms with Crippen LogP contribution in [0.3, 0.4) is 0 Å². The van der Waals surface area contributed by atoms with Crippen LogP contribution in [-0.2, 0) is 21.2 Å². The van der Waals surface area contributed by atoms with Gasteiger partial charge in [-0.1, -0.05) is 49.9 Å². The number of benzene rings is 2. The van der Waals surface area contributed by atoms with Gasteiger partial charge in [0.05, 0.1) is 18.0 Å². The van der Waals surface area contributed by atoms with E-state index >= 15 is 0 Å². The molecule has 2 aromatic rings. The monoisotopic (exact) mass is 531 g/mol. The fourth-order valence-corrected chi connectivity index (χ4v) is 7.13. The molecule has 1 aliphatic heterocycles. The van der Waals surface area contributed by atoms with E-state index < -0.39 is 15.4 Å². The van der Waals surface area contributed by atoms with E-state index in [0.717, 1.165) is 22.6 Å². The van der Waals surface area contributed by atoms with Crippen LogP contribution in [0.5, 0.6) is 5.75 Å². The number of sulfonamides is 1. The molecule has 36 heavy (non-hydrogen) atoms. The number of rotatable bonds is 9. The number of amidine groups is 1. The molecule has 0 saturated carbocycles. The van der Waals surface area contributed by atoms with Gasteiger partial charge < -0.3 is 10.1 Å². The standard InChI is InChI=1S/C27H37N3O4S2/c1-18(2)30(19(3)4)36(32,33)23-14-8-20(9-15-23)16-27(5,6)25(31)29-26-28-24(17-35-26)21-10-12-22(34-7)13-11-21/h8-15,18-19,24H,16-17H2,1-7H3,(H,28,29,31). The molecule has 1 N–H and O–H groups in total. The third-order valence-electron chi connectivity index (χ3n) is 6.15. The summed E-state index contributed by atoms with van der Waals surface area (Å²) >= 11 is 1.53.